The predicted molar refractivity (Wildman–Crippen MR) is 94.4 cm³/mol. The van der Waals surface area contributed by atoms with Gasteiger partial charge < -0.3 is 15.4 Å². The van der Waals surface area contributed by atoms with Crippen LogP contribution in [0.2, 0.25) is 0 Å². The highest BCUT2D eigenvalue weighted by Gasteiger charge is 2.14. The molecule has 0 aliphatic heterocycles. The van der Waals surface area contributed by atoms with E-state index in [2.05, 4.69) is 10.6 Å². The van der Waals surface area contributed by atoms with Crippen LogP contribution in [0.3, 0.4) is 0 Å². The Morgan fingerprint density at radius 2 is 1.64 bits per heavy atom. The second-order valence-electron chi connectivity index (χ2n) is 5.62. The number of carbonyl (C=O) groups is 3. The van der Waals surface area contributed by atoms with Gasteiger partial charge in [0.25, 0.3) is 5.91 Å². The lowest BCUT2D eigenvalue weighted by atomic mass is 10.2. The van der Waals surface area contributed by atoms with Crippen molar-refractivity contribution in [3.05, 3.63) is 60.2 Å². The summed E-state index contributed by atoms with van der Waals surface area (Å²) in [5.41, 5.74) is 1.16. The smallest absolute Gasteiger partial charge is 0.313 e. The molecule has 2 N–H and O–H groups in total. The van der Waals surface area contributed by atoms with Crippen molar-refractivity contribution in [1.82, 2.24) is 5.32 Å². The van der Waals surface area contributed by atoms with E-state index in [1.54, 1.807) is 55.5 Å². The maximum Gasteiger partial charge on any atom is 0.313 e. The molecule has 1 unspecified atom stereocenters. The van der Waals surface area contributed by atoms with Gasteiger partial charge in [-0.05, 0) is 43.3 Å². The molecule has 2 aromatic carbocycles. The second-order valence-corrected chi connectivity index (χ2v) is 5.62. The number of esters is 1. The largest absolute Gasteiger partial charge is 0.426 e. The highest BCUT2D eigenvalue weighted by Crippen LogP contribution is 2.16. The number of ether oxygens (including phenoxy) is 1. The van der Waals surface area contributed by atoms with Crippen LogP contribution in [0.15, 0.2) is 54.6 Å². The number of hydrogen-bond acceptors (Lipinski definition) is 4. The molecule has 0 fully saturated rings. The molecule has 25 heavy (non-hydrogen) atoms. The molecule has 0 spiro atoms. The molecule has 0 radical (unpaired) electrons. The minimum atomic E-state index is -0.451. The average Bonchev–Trinajstić information content (AvgIpc) is 2.56. The fourth-order valence-electron chi connectivity index (χ4n) is 2.18. The maximum absolute atomic E-state index is 12.0. The number of anilines is 1. The Labute approximate surface area is 146 Å². The summed E-state index contributed by atoms with van der Waals surface area (Å²) < 4.78 is 5.23. The highest BCUT2D eigenvalue weighted by atomic mass is 16.5. The molecule has 2 rings (SSSR count). The van der Waals surface area contributed by atoms with Gasteiger partial charge >= 0.3 is 5.97 Å². The van der Waals surface area contributed by atoms with E-state index in [1.807, 2.05) is 6.07 Å². The van der Waals surface area contributed by atoms with Crippen molar-refractivity contribution < 1.29 is 19.1 Å². The van der Waals surface area contributed by atoms with Crippen LogP contribution in [-0.2, 0) is 9.59 Å². The summed E-state index contributed by atoms with van der Waals surface area (Å²) in [6, 6.07) is 14.9. The van der Waals surface area contributed by atoms with Gasteiger partial charge in [0.1, 0.15) is 5.75 Å². The molecule has 0 aliphatic carbocycles. The zero-order chi connectivity index (χ0) is 18.2. The molecule has 0 saturated heterocycles. The summed E-state index contributed by atoms with van der Waals surface area (Å²) in [5, 5.41) is 5.38. The van der Waals surface area contributed by atoms with Crippen LogP contribution in [0.1, 0.15) is 30.6 Å². The van der Waals surface area contributed by atoms with Crippen LogP contribution in [0.25, 0.3) is 0 Å². The van der Waals surface area contributed by atoms with Gasteiger partial charge in [0, 0.05) is 24.2 Å². The molecule has 6 nitrogen and oxygen atoms in total. The normalized spacial score (nSPS) is 11.3. The summed E-state index contributed by atoms with van der Waals surface area (Å²) >= 11 is 0. The summed E-state index contributed by atoms with van der Waals surface area (Å²) in [5.74, 6) is -0.484. The zero-order valence-electron chi connectivity index (χ0n) is 14.1. The van der Waals surface area contributed by atoms with Crippen LogP contribution in [0.4, 0.5) is 5.69 Å². The Hall–Kier alpha value is -3.15. The van der Waals surface area contributed by atoms with Crippen molar-refractivity contribution in [2.24, 2.45) is 0 Å². The Bertz CT molecular complexity index is 742. The van der Waals surface area contributed by atoms with Gasteiger partial charge in [-0.3, -0.25) is 14.4 Å². The lowest BCUT2D eigenvalue weighted by Crippen LogP contribution is -2.35. The molecule has 0 saturated carbocycles. The van der Waals surface area contributed by atoms with Crippen molar-refractivity contribution in [3.63, 3.8) is 0 Å². The van der Waals surface area contributed by atoms with Crippen molar-refractivity contribution in [1.29, 1.82) is 0 Å². The van der Waals surface area contributed by atoms with Crippen LogP contribution in [0, 0.1) is 0 Å². The van der Waals surface area contributed by atoms with Crippen LogP contribution >= 0.6 is 0 Å². The van der Waals surface area contributed by atoms with Crippen LogP contribution < -0.4 is 15.4 Å². The molecule has 130 valence electrons. The van der Waals surface area contributed by atoms with Crippen LogP contribution in [-0.4, -0.2) is 23.8 Å². The molecule has 6 heteroatoms. The molecule has 2 aromatic rings. The van der Waals surface area contributed by atoms with Crippen molar-refractivity contribution in [2.45, 2.75) is 26.3 Å². The van der Waals surface area contributed by atoms with E-state index in [1.165, 1.54) is 6.92 Å². The number of carbonyl (C=O) groups excluding carboxylic acids is 3. The van der Waals surface area contributed by atoms with E-state index in [0.29, 0.717) is 17.0 Å². The fraction of sp³-hybridized carbons (Fsp3) is 0.211. The second kappa shape index (κ2) is 8.63. The lowest BCUT2D eigenvalue weighted by Gasteiger charge is -2.13. The first-order valence-electron chi connectivity index (χ1n) is 7.88. The van der Waals surface area contributed by atoms with Crippen molar-refractivity contribution >= 4 is 23.5 Å². The van der Waals surface area contributed by atoms with Crippen molar-refractivity contribution in [2.75, 3.05) is 5.32 Å². The number of rotatable bonds is 6. The van der Waals surface area contributed by atoms with Gasteiger partial charge in [0.15, 0.2) is 0 Å². The highest BCUT2D eigenvalue weighted by molar-refractivity contribution is 5.94. The monoisotopic (exact) mass is 340 g/mol. The average molecular weight is 340 g/mol. The van der Waals surface area contributed by atoms with Crippen molar-refractivity contribution in [3.8, 4) is 5.75 Å². The summed E-state index contributed by atoms with van der Waals surface area (Å²) in [4.78, 5) is 34.9. The fourth-order valence-corrected chi connectivity index (χ4v) is 2.18. The van der Waals surface area contributed by atoms with Gasteiger partial charge in [0.05, 0.1) is 6.42 Å². The van der Waals surface area contributed by atoms with Gasteiger partial charge in [-0.1, -0.05) is 18.2 Å². The first-order valence-corrected chi connectivity index (χ1v) is 7.88. The van der Waals surface area contributed by atoms with Gasteiger partial charge in [-0.2, -0.15) is 0 Å². The minimum Gasteiger partial charge on any atom is -0.426 e. The Balaban J connectivity index is 1.83. The number of benzene rings is 2. The van der Waals surface area contributed by atoms with Gasteiger partial charge in [-0.15, -0.1) is 0 Å². The first kappa shape index (κ1) is 18.2. The Kier molecular flexibility index (Phi) is 6.28. The topological polar surface area (TPSA) is 84.5 Å². The standard InChI is InChI=1S/C19H20N2O4/c1-13(20-19(24)15-6-4-3-5-7-15)12-18(23)25-17-10-8-16(9-11-17)21-14(2)22/h3-11,13H,12H2,1-2H3,(H,20,24)(H,21,22). The molecular weight excluding hydrogens is 320 g/mol. The first-order chi connectivity index (χ1) is 11.9. The molecule has 0 aliphatic rings. The Morgan fingerprint density at radius 3 is 2.24 bits per heavy atom. The SMILES string of the molecule is CC(=O)Nc1ccc(OC(=O)CC(C)NC(=O)c2ccccc2)cc1. The third-order valence-corrected chi connectivity index (χ3v) is 3.29. The Morgan fingerprint density at radius 1 is 1.00 bits per heavy atom. The van der Waals surface area contributed by atoms with E-state index in [9.17, 15) is 14.4 Å². The predicted octanol–water partition coefficient (Wildman–Crippen LogP) is 2.76. The third kappa shape index (κ3) is 6.10. The van der Waals surface area contributed by atoms with E-state index in [0.717, 1.165) is 0 Å². The number of amides is 2. The third-order valence-electron chi connectivity index (χ3n) is 3.29. The number of hydrogen-bond donors (Lipinski definition) is 2. The van der Waals surface area contributed by atoms with Gasteiger partial charge in [0.2, 0.25) is 5.91 Å². The minimum absolute atomic E-state index is 0.0476. The number of nitrogens with one attached hydrogen (secondary N) is 2. The van der Waals surface area contributed by atoms with E-state index >= 15 is 0 Å². The lowest BCUT2D eigenvalue weighted by molar-refractivity contribution is -0.134. The zero-order valence-corrected chi connectivity index (χ0v) is 14.1. The molecule has 0 heterocycles. The van der Waals surface area contributed by atoms with E-state index < -0.39 is 5.97 Å². The molecule has 2 amide bonds. The molecular formula is C19H20N2O4. The van der Waals surface area contributed by atoms with Crippen LogP contribution in [0.5, 0.6) is 5.75 Å². The summed E-state index contributed by atoms with van der Waals surface area (Å²) in [6.07, 6.45) is 0.0476. The summed E-state index contributed by atoms with van der Waals surface area (Å²) in [6.45, 7) is 3.15. The molecule has 1 atom stereocenters. The van der Waals surface area contributed by atoms with E-state index in [-0.39, 0.29) is 24.3 Å². The molecule has 0 bridgehead atoms. The van der Waals surface area contributed by atoms with E-state index in [4.69, 9.17) is 4.74 Å². The maximum atomic E-state index is 12.0. The molecule has 0 aromatic heterocycles. The summed E-state index contributed by atoms with van der Waals surface area (Å²) in [7, 11) is 0. The van der Waals surface area contributed by atoms with Gasteiger partial charge in [-0.25, -0.2) is 0 Å². The quantitative estimate of drug-likeness (QED) is 0.625.